The fraction of sp³-hybridized carbons (Fsp3) is 0.105. The molecule has 2 heterocycles. The highest BCUT2D eigenvalue weighted by atomic mass is 32.2. The SMILES string of the molecule is CSc1cccc(NC(=O)c2cc3c(s2)-c2ccccc2S(=O)(=O)C3)c1. The normalized spacial score (nSPS) is 14.3. The summed E-state index contributed by atoms with van der Waals surface area (Å²) in [6.45, 7) is 0. The molecule has 0 saturated heterocycles. The van der Waals surface area contributed by atoms with Gasteiger partial charge in [0.1, 0.15) is 0 Å². The first-order valence-electron chi connectivity index (χ1n) is 7.88. The van der Waals surface area contributed by atoms with Gasteiger partial charge in [0.25, 0.3) is 5.91 Å². The van der Waals surface area contributed by atoms with Crippen LogP contribution < -0.4 is 5.32 Å². The van der Waals surface area contributed by atoms with Gasteiger partial charge in [0, 0.05) is 21.0 Å². The van der Waals surface area contributed by atoms with E-state index in [-0.39, 0.29) is 11.7 Å². The average Bonchev–Trinajstić information content (AvgIpc) is 3.05. The van der Waals surface area contributed by atoms with E-state index in [0.717, 1.165) is 15.5 Å². The van der Waals surface area contributed by atoms with Gasteiger partial charge in [0.2, 0.25) is 0 Å². The van der Waals surface area contributed by atoms with Crippen molar-refractivity contribution in [3.8, 4) is 10.4 Å². The Labute approximate surface area is 160 Å². The molecule has 2 aromatic carbocycles. The molecule has 1 aliphatic rings. The number of anilines is 1. The Kier molecular flexibility index (Phi) is 4.38. The number of thiophene rings is 1. The standard InChI is InChI=1S/C19H15NO3S3/c1-24-14-6-4-5-13(10-14)20-19(21)16-9-12-11-26(22,23)17-8-3-2-7-15(17)18(12)25-16/h2-10H,11H2,1H3,(H,20,21). The number of hydrogen-bond acceptors (Lipinski definition) is 5. The van der Waals surface area contributed by atoms with E-state index in [1.807, 2.05) is 36.6 Å². The maximum Gasteiger partial charge on any atom is 0.265 e. The predicted molar refractivity (Wildman–Crippen MR) is 107 cm³/mol. The highest BCUT2D eigenvalue weighted by Crippen LogP contribution is 2.42. The maximum atomic E-state index is 12.6. The fourth-order valence-electron chi connectivity index (χ4n) is 2.98. The van der Waals surface area contributed by atoms with Gasteiger partial charge in [0.05, 0.1) is 15.5 Å². The Balaban J connectivity index is 1.69. The summed E-state index contributed by atoms with van der Waals surface area (Å²) in [5.74, 6) is -0.289. The minimum Gasteiger partial charge on any atom is -0.321 e. The monoisotopic (exact) mass is 401 g/mol. The van der Waals surface area contributed by atoms with Crippen molar-refractivity contribution in [2.24, 2.45) is 0 Å². The largest absolute Gasteiger partial charge is 0.321 e. The molecule has 4 nitrogen and oxygen atoms in total. The van der Waals surface area contributed by atoms with Crippen molar-refractivity contribution in [2.75, 3.05) is 11.6 Å². The van der Waals surface area contributed by atoms with Gasteiger partial charge < -0.3 is 5.32 Å². The molecule has 0 radical (unpaired) electrons. The minimum absolute atomic E-state index is 0.0644. The van der Waals surface area contributed by atoms with Gasteiger partial charge in [-0.05, 0) is 42.2 Å². The molecule has 132 valence electrons. The molecular weight excluding hydrogens is 386 g/mol. The molecule has 0 saturated carbocycles. The smallest absolute Gasteiger partial charge is 0.265 e. The molecule has 7 heteroatoms. The molecule has 0 bridgehead atoms. The first-order valence-corrected chi connectivity index (χ1v) is 11.6. The summed E-state index contributed by atoms with van der Waals surface area (Å²) in [5, 5.41) is 2.90. The minimum atomic E-state index is -3.36. The Morgan fingerprint density at radius 2 is 1.92 bits per heavy atom. The third-order valence-electron chi connectivity index (χ3n) is 4.17. The number of fused-ring (bicyclic) bond motifs is 3. The lowest BCUT2D eigenvalue weighted by atomic mass is 10.1. The van der Waals surface area contributed by atoms with Gasteiger partial charge in [-0.3, -0.25) is 4.79 Å². The summed E-state index contributed by atoms with van der Waals surface area (Å²) in [6, 6.07) is 16.3. The number of carbonyl (C=O) groups excluding carboxylic acids is 1. The highest BCUT2D eigenvalue weighted by Gasteiger charge is 2.30. The van der Waals surface area contributed by atoms with Gasteiger partial charge in [-0.15, -0.1) is 23.1 Å². The van der Waals surface area contributed by atoms with Gasteiger partial charge >= 0.3 is 0 Å². The van der Waals surface area contributed by atoms with E-state index in [1.54, 1.807) is 36.0 Å². The van der Waals surface area contributed by atoms with Crippen LogP contribution in [0.5, 0.6) is 0 Å². The second-order valence-electron chi connectivity index (χ2n) is 5.91. The zero-order valence-electron chi connectivity index (χ0n) is 13.9. The molecular formula is C19H15NO3S3. The van der Waals surface area contributed by atoms with Crippen LogP contribution in [0.15, 0.2) is 64.4 Å². The average molecular weight is 402 g/mol. The van der Waals surface area contributed by atoms with Crippen LogP contribution in [0.2, 0.25) is 0 Å². The number of nitrogens with one attached hydrogen (secondary N) is 1. The van der Waals surface area contributed by atoms with Crippen molar-refractivity contribution < 1.29 is 13.2 Å². The van der Waals surface area contributed by atoms with Crippen molar-refractivity contribution in [1.29, 1.82) is 0 Å². The topological polar surface area (TPSA) is 63.2 Å². The summed E-state index contributed by atoms with van der Waals surface area (Å²) in [7, 11) is -3.36. The third kappa shape index (κ3) is 3.06. The van der Waals surface area contributed by atoms with E-state index in [2.05, 4.69) is 5.32 Å². The molecule has 0 aliphatic carbocycles. The molecule has 1 aromatic heterocycles. The first kappa shape index (κ1) is 17.3. The van der Waals surface area contributed by atoms with Crippen LogP contribution in [-0.4, -0.2) is 20.6 Å². The van der Waals surface area contributed by atoms with E-state index in [1.165, 1.54) is 11.3 Å². The molecule has 3 aromatic rings. The number of rotatable bonds is 3. The highest BCUT2D eigenvalue weighted by molar-refractivity contribution is 7.98. The molecule has 0 spiro atoms. The van der Waals surface area contributed by atoms with Crippen molar-refractivity contribution in [3.05, 3.63) is 65.0 Å². The van der Waals surface area contributed by atoms with E-state index in [0.29, 0.717) is 20.9 Å². The molecule has 0 fully saturated rings. The Hall–Kier alpha value is -2.09. The lowest BCUT2D eigenvalue weighted by Crippen LogP contribution is -2.11. The lowest BCUT2D eigenvalue weighted by Gasteiger charge is -2.15. The lowest BCUT2D eigenvalue weighted by molar-refractivity contribution is 0.103. The number of benzene rings is 2. The predicted octanol–water partition coefficient (Wildman–Crippen LogP) is 4.68. The van der Waals surface area contributed by atoms with E-state index in [9.17, 15) is 13.2 Å². The number of amides is 1. The number of sulfone groups is 1. The van der Waals surface area contributed by atoms with Crippen molar-refractivity contribution in [3.63, 3.8) is 0 Å². The summed E-state index contributed by atoms with van der Waals surface area (Å²) in [6.07, 6.45) is 1.98. The second-order valence-corrected chi connectivity index (χ2v) is 9.80. The van der Waals surface area contributed by atoms with Crippen LogP contribution in [0.1, 0.15) is 15.2 Å². The van der Waals surface area contributed by atoms with Gasteiger partial charge in [0.15, 0.2) is 9.84 Å². The van der Waals surface area contributed by atoms with Gasteiger partial charge in [-0.1, -0.05) is 24.3 Å². The summed E-state index contributed by atoms with van der Waals surface area (Å²) >= 11 is 2.94. The number of hydrogen-bond donors (Lipinski definition) is 1. The van der Waals surface area contributed by atoms with Crippen LogP contribution in [0.4, 0.5) is 5.69 Å². The van der Waals surface area contributed by atoms with Crippen molar-refractivity contribution in [1.82, 2.24) is 0 Å². The molecule has 0 atom stereocenters. The summed E-state index contributed by atoms with van der Waals surface area (Å²) in [4.78, 5) is 15.4. The Morgan fingerprint density at radius 1 is 1.12 bits per heavy atom. The molecule has 1 aliphatic heterocycles. The van der Waals surface area contributed by atoms with E-state index < -0.39 is 9.84 Å². The Bertz CT molecular complexity index is 1120. The molecule has 26 heavy (non-hydrogen) atoms. The number of thioether (sulfide) groups is 1. The maximum absolute atomic E-state index is 12.6. The zero-order chi connectivity index (χ0) is 18.3. The fourth-order valence-corrected chi connectivity index (χ4v) is 6.29. The van der Waals surface area contributed by atoms with Crippen LogP contribution in [0.3, 0.4) is 0 Å². The Morgan fingerprint density at radius 3 is 2.73 bits per heavy atom. The van der Waals surface area contributed by atoms with Crippen LogP contribution in [0.25, 0.3) is 10.4 Å². The van der Waals surface area contributed by atoms with Crippen molar-refractivity contribution in [2.45, 2.75) is 15.5 Å². The number of carbonyl (C=O) groups is 1. The third-order valence-corrected chi connectivity index (χ3v) is 7.82. The van der Waals surface area contributed by atoms with Crippen LogP contribution >= 0.6 is 23.1 Å². The van der Waals surface area contributed by atoms with Crippen LogP contribution in [0, 0.1) is 0 Å². The second kappa shape index (κ2) is 6.57. The van der Waals surface area contributed by atoms with E-state index >= 15 is 0 Å². The van der Waals surface area contributed by atoms with Crippen LogP contribution in [-0.2, 0) is 15.6 Å². The zero-order valence-corrected chi connectivity index (χ0v) is 16.3. The summed E-state index contributed by atoms with van der Waals surface area (Å²) < 4.78 is 25.0. The van der Waals surface area contributed by atoms with Gasteiger partial charge in [-0.2, -0.15) is 0 Å². The van der Waals surface area contributed by atoms with Gasteiger partial charge in [-0.25, -0.2) is 8.42 Å². The van der Waals surface area contributed by atoms with Crippen molar-refractivity contribution >= 4 is 44.5 Å². The summed E-state index contributed by atoms with van der Waals surface area (Å²) in [5.41, 5.74) is 2.10. The molecule has 1 N–H and O–H groups in total. The molecule has 4 rings (SSSR count). The molecule has 0 unspecified atom stereocenters. The first-order chi connectivity index (χ1) is 12.5. The quantitative estimate of drug-likeness (QED) is 0.648. The van der Waals surface area contributed by atoms with E-state index in [4.69, 9.17) is 0 Å². The molecule has 1 amide bonds.